The lowest BCUT2D eigenvalue weighted by Gasteiger charge is -2.28. The lowest BCUT2D eigenvalue weighted by Crippen LogP contribution is -2.44. The molecule has 1 fully saturated rings. The van der Waals surface area contributed by atoms with E-state index in [4.69, 9.17) is 0 Å². The number of sulfonamides is 1. The maximum atomic E-state index is 12.5. The molecule has 0 spiro atoms. The lowest BCUT2D eigenvalue weighted by molar-refractivity contribution is 0.331. The third-order valence-corrected chi connectivity index (χ3v) is 5.71. The van der Waals surface area contributed by atoms with Gasteiger partial charge in [-0.25, -0.2) is 8.42 Å². The molecule has 5 heteroatoms. The summed E-state index contributed by atoms with van der Waals surface area (Å²) in [7, 11) is -3.10. The van der Waals surface area contributed by atoms with Gasteiger partial charge in [-0.1, -0.05) is 27.2 Å². The van der Waals surface area contributed by atoms with Crippen molar-refractivity contribution in [2.24, 2.45) is 5.92 Å². The minimum Gasteiger partial charge on any atom is -0.315 e. The molecule has 1 heterocycles. The first-order valence-electron chi connectivity index (χ1n) is 7.21. The molecular formula is C13H28N2O2S. The smallest absolute Gasteiger partial charge is 0.214 e. The van der Waals surface area contributed by atoms with Gasteiger partial charge in [0, 0.05) is 19.1 Å². The first kappa shape index (κ1) is 15.9. The lowest BCUT2D eigenvalue weighted by atomic mass is 10.1. The molecule has 0 amide bonds. The Hall–Kier alpha value is -0.130. The number of hydrogen-bond acceptors (Lipinski definition) is 3. The highest BCUT2D eigenvalue weighted by atomic mass is 32.2. The number of nitrogens with one attached hydrogen (secondary N) is 1. The highest BCUT2D eigenvalue weighted by Crippen LogP contribution is 2.18. The minimum absolute atomic E-state index is 0.170. The van der Waals surface area contributed by atoms with E-state index in [0.29, 0.717) is 12.3 Å². The maximum Gasteiger partial charge on any atom is 0.214 e. The summed E-state index contributed by atoms with van der Waals surface area (Å²) in [4.78, 5) is 0. The van der Waals surface area contributed by atoms with E-state index in [1.54, 1.807) is 4.31 Å². The maximum absolute atomic E-state index is 12.5. The van der Waals surface area contributed by atoms with Gasteiger partial charge in [0.15, 0.2) is 0 Å². The van der Waals surface area contributed by atoms with Crippen LogP contribution in [0.1, 0.15) is 46.5 Å². The second-order valence-electron chi connectivity index (χ2n) is 5.43. The van der Waals surface area contributed by atoms with Crippen LogP contribution in [0.3, 0.4) is 0 Å². The molecule has 1 rings (SSSR count). The molecule has 0 aromatic heterocycles. The van der Waals surface area contributed by atoms with Gasteiger partial charge in [0.2, 0.25) is 10.0 Å². The molecule has 1 N–H and O–H groups in total. The van der Waals surface area contributed by atoms with Gasteiger partial charge in [0.1, 0.15) is 0 Å². The normalized spacial score (nSPS) is 22.6. The zero-order valence-corrected chi connectivity index (χ0v) is 12.8. The fourth-order valence-electron chi connectivity index (χ4n) is 2.69. The van der Waals surface area contributed by atoms with Crippen molar-refractivity contribution in [1.82, 2.24) is 9.62 Å². The Bertz CT molecular complexity index is 324. The standard InChI is InChI=1S/C13H28N2O2S/c1-4-6-12(3)11-18(16,17)15(9-5-2)13-7-8-14-10-13/h12-14H,4-11H2,1-3H3. The Balaban J connectivity index is 2.69. The Kier molecular flexibility index (Phi) is 6.60. The van der Waals surface area contributed by atoms with Gasteiger partial charge in [-0.15, -0.1) is 0 Å². The molecule has 2 unspecified atom stereocenters. The predicted molar refractivity (Wildman–Crippen MR) is 76.1 cm³/mol. The van der Waals surface area contributed by atoms with E-state index in [9.17, 15) is 8.42 Å². The molecular weight excluding hydrogens is 248 g/mol. The first-order chi connectivity index (χ1) is 8.51. The van der Waals surface area contributed by atoms with E-state index in [1.165, 1.54) is 0 Å². The largest absolute Gasteiger partial charge is 0.315 e. The highest BCUT2D eigenvalue weighted by molar-refractivity contribution is 7.89. The number of rotatable bonds is 8. The molecule has 1 aliphatic rings. The fraction of sp³-hybridized carbons (Fsp3) is 1.00. The first-order valence-corrected chi connectivity index (χ1v) is 8.82. The summed E-state index contributed by atoms with van der Waals surface area (Å²) in [5, 5.41) is 3.26. The molecule has 0 aliphatic carbocycles. The predicted octanol–water partition coefficient (Wildman–Crippen LogP) is 1.83. The van der Waals surface area contributed by atoms with E-state index in [0.717, 1.165) is 38.8 Å². The van der Waals surface area contributed by atoms with Gasteiger partial charge in [0.25, 0.3) is 0 Å². The van der Waals surface area contributed by atoms with Crippen molar-refractivity contribution in [3.8, 4) is 0 Å². The zero-order valence-electron chi connectivity index (χ0n) is 12.0. The van der Waals surface area contributed by atoms with E-state index in [-0.39, 0.29) is 12.0 Å². The summed E-state index contributed by atoms with van der Waals surface area (Å²) in [6.45, 7) is 8.59. The molecule has 0 bridgehead atoms. The topological polar surface area (TPSA) is 49.4 Å². The van der Waals surface area contributed by atoms with Crippen LogP contribution in [0, 0.1) is 5.92 Å². The van der Waals surface area contributed by atoms with Crippen LogP contribution in [-0.4, -0.2) is 44.2 Å². The van der Waals surface area contributed by atoms with E-state index in [2.05, 4.69) is 12.2 Å². The molecule has 1 saturated heterocycles. The van der Waals surface area contributed by atoms with Crippen LogP contribution in [-0.2, 0) is 10.0 Å². The second-order valence-corrected chi connectivity index (χ2v) is 7.40. The van der Waals surface area contributed by atoms with Gasteiger partial charge in [0.05, 0.1) is 5.75 Å². The van der Waals surface area contributed by atoms with Crippen molar-refractivity contribution in [3.63, 3.8) is 0 Å². The SMILES string of the molecule is CCCC(C)CS(=O)(=O)N(CCC)C1CCNC1. The fourth-order valence-corrected chi connectivity index (χ4v) is 4.86. The van der Waals surface area contributed by atoms with E-state index >= 15 is 0 Å². The Morgan fingerprint density at radius 2 is 2.06 bits per heavy atom. The van der Waals surface area contributed by atoms with Crippen molar-refractivity contribution in [2.45, 2.75) is 52.5 Å². The summed E-state index contributed by atoms with van der Waals surface area (Å²) in [6, 6.07) is 0.170. The Morgan fingerprint density at radius 3 is 2.56 bits per heavy atom. The van der Waals surface area contributed by atoms with Gasteiger partial charge in [-0.05, 0) is 31.7 Å². The molecule has 0 aromatic rings. The van der Waals surface area contributed by atoms with Gasteiger partial charge in [-0.2, -0.15) is 4.31 Å². The molecule has 2 atom stereocenters. The zero-order chi connectivity index (χ0) is 13.6. The average Bonchev–Trinajstić information content (AvgIpc) is 2.78. The number of nitrogens with zero attached hydrogens (tertiary/aromatic N) is 1. The van der Waals surface area contributed by atoms with E-state index in [1.807, 2.05) is 13.8 Å². The summed E-state index contributed by atoms with van der Waals surface area (Å²) in [6.07, 6.45) is 3.87. The van der Waals surface area contributed by atoms with Crippen LogP contribution >= 0.6 is 0 Å². The van der Waals surface area contributed by atoms with Crippen molar-refractivity contribution < 1.29 is 8.42 Å². The van der Waals surface area contributed by atoms with Gasteiger partial charge in [-0.3, -0.25) is 0 Å². The third-order valence-electron chi connectivity index (χ3n) is 3.52. The molecule has 0 aromatic carbocycles. The van der Waals surface area contributed by atoms with Crippen LogP contribution in [0.5, 0.6) is 0 Å². The van der Waals surface area contributed by atoms with Crippen LogP contribution in [0.2, 0.25) is 0 Å². The van der Waals surface area contributed by atoms with Crippen molar-refractivity contribution in [3.05, 3.63) is 0 Å². The summed E-state index contributed by atoms with van der Waals surface area (Å²) in [5.74, 6) is 0.561. The quantitative estimate of drug-likeness (QED) is 0.736. The number of hydrogen-bond donors (Lipinski definition) is 1. The summed E-state index contributed by atoms with van der Waals surface area (Å²) < 4.78 is 26.7. The molecule has 108 valence electrons. The van der Waals surface area contributed by atoms with Crippen LogP contribution in [0.4, 0.5) is 0 Å². The van der Waals surface area contributed by atoms with Crippen molar-refractivity contribution in [2.75, 3.05) is 25.4 Å². The Labute approximate surface area is 112 Å². The molecule has 1 aliphatic heterocycles. The average molecular weight is 276 g/mol. The molecule has 18 heavy (non-hydrogen) atoms. The molecule has 4 nitrogen and oxygen atoms in total. The summed E-state index contributed by atoms with van der Waals surface area (Å²) in [5.41, 5.74) is 0. The second kappa shape index (κ2) is 7.46. The Morgan fingerprint density at radius 1 is 1.33 bits per heavy atom. The van der Waals surface area contributed by atoms with Crippen LogP contribution < -0.4 is 5.32 Å². The summed E-state index contributed by atoms with van der Waals surface area (Å²) >= 11 is 0. The van der Waals surface area contributed by atoms with Crippen LogP contribution in [0.25, 0.3) is 0 Å². The minimum atomic E-state index is -3.10. The van der Waals surface area contributed by atoms with Crippen molar-refractivity contribution in [1.29, 1.82) is 0 Å². The molecule has 0 radical (unpaired) electrons. The van der Waals surface area contributed by atoms with Crippen LogP contribution in [0.15, 0.2) is 0 Å². The van der Waals surface area contributed by atoms with Gasteiger partial charge >= 0.3 is 0 Å². The highest BCUT2D eigenvalue weighted by Gasteiger charge is 2.31. The van der Waals surface area contributed by atoms with Crippen molar-refractivity contribution >= 4 is 10.0 Å². The molecule has 0 saturated carbocycles. The van der Waals surface area contributed by atoms with E-state index < -0.39 is 10.0 Å². The third kappa shape index (κ3) is 4.52. The van der Waals surface area contributed by atoms with Gasteiger partial charge < -0.3 is 5.32 Å². The monoisotopic (exact) mass is 276 g/mol.